The zero-order valence-electron chi connectivity index (χ0n) is 9.02. The van der Waals surface area contributed by atoms with Crippen LogP contribution in [0.1, 0.15) is 33.1 Å². The van der Waals surface area contributed by atoms with Crippen LogP contribution in [0.15, 0.2) is 0 Å². The van der Waals surface area contributed by atoms with E-state index in [1.165, 1.54) is 0 Å². The molecule has 1 fully saturated rings. The van der Waals surface area contributed by atoms with Gasteiger partial charge in [-0.3, -0.25) is 4.79 Å². The lowest BCUT2D eigenvalue weighted by Crippen LogP contribution is -2.37. The highest BCUT2D eigenvalue weighted by Gasteiger charge is 2.47. The highest BCUT2D eigenvalue weighted by molar-refractivity contribution is 7.89. The molecule has 0 aromatic rings. The van der Waals surface area contributed by atoms with Crippen molar-refractivity contribution in [2.45, 2.75) is 39.2 Å². The van der Waals surface area contributed by atoms with Gasteiger partial charge in [0.25, 0.3) is 0 Å². The summed E-state index contributed by atoms with van der Waals surface area (Å²) in [7, 11) is -3.60. The zero-order chi connectivity index (χ0) is 11.7. The molecule has 6 heteroatoms. The largest absolute Gasteiger partial charge is 0.461 e. The molecule has 0 aromatic carbocycles. The van der Waals surface area contributed by atoms with E-state index in [4.69, 9.17) is 9.88 Å². The van der Waals surface area contributed by atoms with Crippen molar-refractivity contribution < 1.29 is 17.9 Å². The number of hydrogen-bond donors (Lipinski definition) is 1. The number of ether oxygens (including phenoxy) is 1. The number of sulfonamides is 1. The Morgan fingerprint density at radius 1 is 1.47 bits per heavy atom. The summed E-state index contributed by atoms with van der Waals surface area (Å²) in [6.07, 6.45) is 1.14. The molecule has 2 N–H and O–H groups in total. The van der Waals surface area contributed by atoms with E-state index in [1.807, 2.05) is 13.8 Å². The maximum absolute atomic E-state index is 11.2. The predicted molar refractivity (Wildman–Crippen MR) is 55.5 cm³/mol. The van der Waals surface area contributed by atoms with Gasteiger partial charge in [-0.05, 0) is 12.8 Å². The van der Waals surface area contributed by atoms with Gasteiger partial charge >= 0.3 is 5.97 Å². The van der Waals surface area contributed by atoms with Crippen LogP contribution in [0, 0.1) is 5.41 Å². The fraction of sp³-hybridized carbons (Fsp3) is 0.889. The van der Waals surface area contributed by atoms with Gasteiger partial charge in [-0.25, -0.2) is 13.6 Å². The third-order valence-electron chi connectivity index (χ3n) is 3.25. The second-order valence-electron chi connectivity index (χ2n) is 4.05. The molecule has 1 atom stereocenters. The van der Waals surface area contributed by atoms with E-state index < -0.39 is 16.1 Å². The quantitative estimate of drug-likeness (QED) is 0.714. The molecule has 0 aromatic heterocycles. The Labute approximate surface area is 90.0 Å². The Hall–Kier alpha value is -0.620. The number of nitrogens with two attached hydrogens (primary N) is 1. The lowest BCUT2D eigenvalue weighted by molar-refractivity contribution is -0.140. The second kappa shape index (κ2) is 4.09. The van der Waals surface area contributed by atoms with Crippen molar-refractivity contribution >= 4 is 16.0 Å². The van der Waals surface area contributed by atoms with E-state index >= 15 is 0 Å². The van der Waals surface area contributed by atoms with Gasteiger partial charge in [-0.2, -0.15) is 0 Å². The Morgan fingerprint density at radius 2 is 2.00 bits per heavy atom. The molecule has 1 aliphatic heterocycles. The Morgan fingerprint density at radius 3 is 2.40 bits per heavy atom. The minimum Gasteiger partial charge on any atom is -0.461 e. The van der Waals surface area contributed by atoms with Crippen molar-refractivity contribution in [2.24, 2.45) is 10.6 Å². The maximum Gasteiger partial charge on any atom is 0.306 e. The van der Waals surface area contributed by atoms with Crippen LogP contribution in [0.25, 0.3) is 0 Å². The van der Waals surface area contributed by atoms with Crippen LogP contribution in [0.2, 0.25) is 0 Å². The lowest BCUT2D eigenvalue weighted by atomic mass is 9.77. The van der Waals surface area contributed by atoms with E-state index in [-0.39, 0.29) is 17.1 Å². The van der Waals surface area contributed by atoms with E-state index in [0.717, 1.165) is 12.8 Å². The highest BCUT2D eigenvalue weighted by atomic mass is 32.2. The topological polar surface area (TPSA) is 86.5 Å². The lowest BCUT2D eigenvalue weighted by Gasteiger charge is -2.29. The molecule has 1 heterocycles. The summed E-state index contributed by atoms with van der Waals surface area (Å²) in [4.78, 5) is 11.2. The number of cyclic esters (lactones) is 1. The van der Waals surface area contributed by atoms with Crippen LogP contribution in [0.3, 0.4) is 0 Å². The van der Waals surface area contributed by atoms with Crippen molar-refractivity contribution in [3.8, 4) is 0 Å². The van der Waals surface area contributed by atoms with Crippen LogP contribution in [-0.2, 0) is 19.6 Å². The first-order valence-electron chi connectivity index (χ1n) is 5.03. The Balaban J connectivity index is 2.90. The van der Waals surface area contributed by atoms with Gasteiger partial charge in [-0.15, -0.1) is 0 Å². The van der Waals surface area contributed by atoms with Crippen molar-refractivity contribution in [3.63, 3.8) is 0 Å². The summed E-state index contributed by atoms with van der Waals surface area (Å²) >= 11 is 0. The molecule has 0 aliphatic carbocycles. The van der Waals surface area contributed by atoms with Crippen molar-refractivity contribution in [1.82, 2.24) is 0 Å². The van der Waals surface area contributed by atoms with Crippen LogP contribution in [0.4, 0.5) is 0 Å². The van der Waals surface area contributed by atoms with Gasteiger partial charge in [-0.1, -0.05) is 13.8 Å². The molecule has 0 radical (unpaired) electrons. The van der Waals surface area contributed by atoms with Crippen molar-refractivity contribution in [3.05, 3.63) is 0 Å². The average Bonchev–Trinajstić information content (AvgIpc) is 2.40. The number of primary sulfonamides is 1. The molecular weight excluding hydrogens is 218 g/mol. The Kier molecular flexibility index (Phi) is 3.40. The third kappa shape index (κ3) is 2.69. The van der Waals surface area contributed by atoms with Crippen LogP contribution in [0.5, 0.6) is 0 Å². The molecule has 0 bridgehead atoms. The molecule has 1 saturated heterocycles. The number of carbonyl (C=O) groups is 1. The maximum atomic E-state index is 11.2. The summed E-state index contributed by atoms with van der Waals surface area (Å²) in [5.74, 6) is -0.604. The molecule has 0 amide bonds. The fourth-order valence-electron chi connectivity index (χ4n) is 2.10. The molecule has 15 heavy (non-hydrogen) atoms. The van der Waals surface area contributed by atoms with Gasteiger partial charge in [0.05, 0.1) is 6.42 Å². The normalized spacial score (nSPS) is 25.3. The van der Waals surface area contributed by atoms with Gasteiger partial charge in [0, 0.05) is 5.41 Å². The number of rotatable bonds is 4. The van der Waals surface area contributed by atoms with E-state index in [1.54, 1.807) is 0 Å². The monoisotopic (exact) mass is 235 g/mol. The molecule has 5 nitrogen and oxygen atoms in total. The minimum absolute atomic E-state index is 0.277. The SMILES string of the molecule is CCC1(CC)CC(=O)OC1CS(N)(=O)=O. The molecule has 88 valence electrons. The zero-order valence-corrected chi connectivity index (χ0v) is 9.84. The first-order chi connectivity index (χ1) is 6.83. The van der Waals surface area contributed by atoms with Gasteiger partial charge < -0.3 is 4.74 Å². The first kappa shape index (κ1) is 12.4. The molecule has 0 spiro atoms. The second-order valence-corrected chi connectivity index (χ2v) is 5.71. The number of hydrogen-bond acceptors (Lipinski definition) is 4. The number of esters is 1. The standard InChI is InChI=1S/C9H17NO4S/c1-3-9(4-2)5-8(11)14-7(9)6-15(10,12)13/h7H,3-6H2,1-2H3,(H2,10,12,13). The van der Waals surface area contributed by atoms with Gasteiger partial charge in [0.15, 0.2) is 0 Å². The summed E-state index contributed by atoms with van der Waals surface area (Å²) < 4.78 is 27.0. The minimum atomic E-state index is -3.60. The van der Waals surface area contributed by atoms with Gasteiger partial charge in [0.1, 0.15) is 11.9 Å². The molecule has 1 rings (SSSR count). The molecule has 1 aliphatic rings. The van der Waals surface area contributed by atoms with Crippen molar-refractivity contribution in [1.29, 1.82) is 0 Å². The molecule has 1 unspecified atom stereocenters. The van der Waals surface area contributed by atoms with E-state index in [2.05, 4.69) is 0 Å². The smallest absolute Gasteiger partial charge is 0.306 e. The van der Waals surface area contributed by atoms with E-state index in [9.17, 15) is 13.2 Å². The molecule has 0 saturated carbocycles. The molecular formula is C9H17NO4S. The summed E-state index contributed by atoms with van der Waals surface area (Å²) in [6, 6.07) is 0. The summed E-state index contributed by atoms with van der Waals surface area (Å²) in [6.45, 7) is 3.86. The first-order valence-corrected chi connectivity index (χ1v) is 6.74. The number of carbonyl (C=O) groups excluding carboxylic acids is 1. The van der Waals surface area contributed by atoms with E-state index in [0.29, 0.717) is 6.42 Å². The van der Waals surface area contributed by atoms with Crippen LogP contribution >= 0.6 is 0 Å². The van der Waals surface area contributed by atoms with Crippen LogP contribution < -0.4 is 5.14 Å². The van der Waals surface area contributed by atoms with Crippen molar-refractivity contribution in [2.75, 3.05) is 5.75 Å². The Bertz CT molecular complexity index is 345. The third-order valence-corrected chi connectivity index (χ3v) is 4.01. The predicted octanol–water partition coefficient (Wildman–Crippen LogP) is 0.397. The summed E-state index contributed by atoms with van der Waals surface area (Å²) in [5.41, 5.74) is -0.358. The van der Waals surface area contributed by atoms with Gasteiger partial charge in [0.2, 0.25) is 10.0 Å². The fourth-order valence-corrected chi connectivity index (χ4v) is 2.95. The van der Waals surface area contributed by atoms with Crippen LogP contribution in [-0.4, -0.2) is 26.2 Å². The summed E-state index contributed by atoms with van der Waals surface area (Å²) in [5, 5.41) is 4.97. The highest BCUT2D eigenvalue weighted by Crippen LogP contribution is 2.42. The average molecular weight is 235 g/mol.